The van der Waals surface area contributed by atoms with E-state index in [4.69, 9.17) is 0 Å². The van der Waals surface area contributed by atoms with Crippen molar-refractivity contribution in [2.24, 2.45) is 0 Å². The van der Waals surface area contributed by atoms with E-state index in [1.807, 2.05) is 0 Å². The molecule has 0 spiro atoms. The lowest BCUT2D eigenvalue weighted by atomic mass is 9.91. The monoisotopic (exact) mass is 462 g/mol. The third-order valence-electron chi connectivity index (χ3n) is 5.10. The normalized spacial score (nSPS) is 17.8. The van der Waals surface area contributed by atoms with Crippen molar-refractivity contribution in [3.05, 3.63) is 69.8 Å². The van der Waals surface area contributed by atoms with E-state index >= 15 is 0 Å². The van der Waals surface area contributed by atoms with Crippen molar-refractivity contribution in [1.29, 1.82) is 0 Å². The molecule has 0 aromatic heterocycles. The molecule has 33 heavy (non-hydrogen) atoms. The Morgan fingerprint density at radius 1 is 1.24 bits per heavy atom. The molecule has 0 bridgehead atoms. The van der Waals surface area contributed by atoms with Crippen molar-refractivity contribution < 1.29 is 32.8 Å². The van der Waals surface area contributed by atoms with Gasteiger partial charge in [-0.25, -0.2) is 4.79 Å². The summed E-state index contributed by atoms with van der Waals surface area (Å²) in [5.41, 5.74) is -0.811. The maximum absolute atomic E-state index is 12.9. The van der Waals surface area contributed by atoms with Gasteiger partial charge in [0.15, 0.2) is 0 Å². The van der Waals surface area contributed by atoms with Gasteiger partial charge < -0.3 is 15.4 Å². The van der Waals surface area contributed by atoms with Crippen molar-refractivity contribution in [2.45, 2.75) is 25.5 Å². The third kappa shape index (κ3) is 5.40. The Kier molecular flexibility index (Phi) is 6.85. The molecule has 1 aliphatic heterocycles. The highest BCUT2D eigenvalue weighted by atomic mass is 19.3. The topological polar surface area (TPSA) is 131 Å². The summed E-state index contributed by atoms with van der Waals surface area (Å²) in [5.74, 6) is -1.28. The van der Waals surface area contributed by atoms with Gasteiger partial charge in [0.1, 0.15) is 17.8 Å². The van der Waals surface area contributed by atoms with E-state index in [0.717, 1.165) is 10.5 Å². The maximum atomic E-state index is 12.9. The second-order valence-electron chi connectivity index (χ2n) is 7.38. The van der Waals surface area contributed by atoms with Gasteiger partial charge >= 0.3 is 12.6 Å². The summed E-state index contributed by atoms with van der Waals surface area (Å²) in [6.45, 7) is -1.86. The Balaban J connectivity index is 1.56. The van der Waals surface area contributed by atoms with Gasteiger partial charge in [0.25, 0.3) is 11.6 Å². The molecule has 2 N–H and O–H groups in total. The molecule has 1 fully saturated rings. The van der Waals surface area contributed by atoms with E-state index in [9.17, 15) is 33.3 Å². The number of non-ortho nitro benzene ring substituents is 1. The Morgan fingerprint density at radius 2 is 1.94 bits per heavy atom. The van der Waals surface area contributed by atoms with E-state index in [1.54, 1.807) is 12.1 Å². The molecule has 1 unspecified atom stereocenters. The van der Waals surface area contributed by atoms with E-state index in [1.165, 1.54) is 43.3 Å². The van der Waals surface area contributed by atoms with Crippen molar-refractivity contribution in [3.8, 4) is 5.75 Å². The van der Waals surface area contributed by atoms with Gasteiger partial charge in [-0.1, -0.05) is 24.3 Å². The average molecular weight is 462 g/mol. The molecule has 3 rings (SSSR count). The van der Waals surface area contributed by atoms with E-state index in [0.29, 0.717) is 6.42 Å². The molecule has 4 amide bonds. The number of imide groups is 1. The van der Waals surface area contributed by atoms with Crippen LogP contribution in [0.2, 0.25) is 0 Å². The first-order chi connectivity index (χ1) is 15.6. The van der Waals surface area contributed by atoms with Gasteiger partial charge in [0, 0.05) is 18.7 Å². The molecule has 1 aliphatic rings. The minimum absolute atomic E-state index is 0.0168. The minimum Gasteiger partial charge on any atom is -0.435 e. The van der Waals surface area contributed by atoms with Crippen molar-refractivity contribution in [1.82, 2.24) is 15.5 Å². The average Bonchev–Trinajstić information content (AvgIpc) is 2.98. The first-order valence-electron chi connectivity index (χ1n) is 9.79. The summed E-state index contributed by atoms with van der Waals surface area (Å²) in [6.07, 6.45) is 0.381. The standard InChI is InChI=1S/C21H20F2N4O6/c1-21(14-3-2-4-15(11-14)27(31)32)18(29)26(20(30)25-21)12-17(28)24-10-9-13-5-7-16(8-6-13)33-19(22)23/h2-8,11,19H,9-10,12H2,1H3,(H,24,28)(H,25,30). The summed E-state index contributed by atoms with van der Waals surface area (Å²) in [4.78, 5) is 48.7. The highest BCUT2D eigenvalue weighted by Crippen LogP contribution is 2.30. The van der Waals surface area contributed by atoms with Gasteiger partial charge in [-0.15, -0.1) is 0 Å². The zero-order valence-electron chi connectivity index (χ0n) is 17.4. The fourth-order valence-electron chi connectivity index (χ4n) is 3.35. The molecule has 1 saturated heterocycles. The Morgan fingerprint density at radius 3 is 2.58 bits per heavy atom. The van der Waals surface area contributed by atoms with Gasteiger partial charge in [-0.2, -0.15) is 8.78 Å². The summed E-state index contributed by atoms with van der Waals surface area (Å²) >= 11 is 0. The van der Waals surface area contributed by atoms with Crippen molar-refractivity contribution >= 4 is 23.5 Å². The van der Waals surface area contributed by atoms with Crippen LogP contribution >= 0.6 is 0 Å². The number of halogens is 2. The zero-order valence-corrected chi connectivity index (χ0v) is 17.4. The molecule has 1 heterocycles. The van der Waals surface area contributed by atoms with Gasteiger partial charge in [-0.3, -0.25) is 24.6 Å². The molecule has 10 nitrogen and oxygen atoms in total. The number of nitrogens with one attached hydrogen (secondary N) is 2. The highest BCUT2D eigenvalue weighted by Gasteiger charge is 2.49. The molecule has 0 saturated carbocycles. The Labute approximate surface area is 186 Å². The van der Waals surface area contributed by atoms with Crippen LogP contribution in [0.25, 0.3) is 0 Å². The largest absolute Gasteiger partial charge is 0.435 e. The first kappa shape index (κ1) is 23.6. The SMILES string of the molecule is CC1(c2cccc([N+](=O)[O-])c2)NC(=O)N(CC(=O)NCCc2ccc(OC(F)F)cc2)C1=O. The summed E-state index contributed by atoms with van der Waals surface area (Å²) in [6, 6.07) is 10.5. The Hall–Kier alpha value is -4.09. The fraction of sp³-hybridized carbons (Fsp3) is 0.286. The molecule has 2 aromatic rings. The number of alkyl halides is 2. The number of rotatable bonds is 9. The number of ether oxygens (including phenoxy) is 1. The molecule has 0 aliphatic carbocycles. The highest BCUT2D eigenvalue weighted by molar-refractivity contribution is 6.09. The van der Waals surface area contributed by atoms with Crippen LogP contribution in [-0.4, -0.2) is 47.4 Å². The third-order valence-corrected chi connectivity index (χ3v) is 5.10. The number of hydrogen-bond donors (Lipinski definition) is 2. The van der Waals surface area contributed by atoms with E-state index in [-0.39, 0.29) is 23.5 Å². The predicted molar refractivity (Wildman–Crippen MR) is 110 cm³/mol. The number of carbonyl (C=O) groups is 3. The number of benzene rings is 2. The Bertz CT molecular complexity index is 1080. The van der Waals surface area contributed by atoms with Crippen LogP contribution in [0.4, 0.5) is 19.3 Å². The number of hydrogen-bond acceptors (Lipinski definition) is 6. The van der Waals surface area contributed by atoms with E-state index < -0.39 is 41.5 Å². The summed E-state index contributed by atoms with van der Waals surface area (Å²) < 4.78 is 28.6. The van der Waals surface area contributed by atoms with Gasteiger partial charge in [-0.05, 0) is 36.6 Å². The van der Waals surface area contributed by atoms with Crippen LogP contribution < -0.4 is 15.4 Å². The molecule has 174 valence electrons. The lowest BCUT2D eigenvalue weighted by molar-refractivity contribution is -0.385. The maximum Gasteiger partial charge on any atom is 0.387 e. The quantitative estimate of drug-likeness (QED) is 0.334. The second kappa shape index (κ2) is 9.59. The second-order valence-corrected chi connectivity index (χ2v) is 7.38. The summed E-state index contributed by atoms with van der Waals surface area (Å²) in [5, 5.41) is 16.1. The van der Waals surface area contributed by atoms with Gasteiger partial charge in [0.2, 0.25) is 5.91 Å². The van der Waals surface area contributed by atoms with Crippen molar-refractivity contribution in [2.75, 3.05) is 13.1 Å². The smallest absolute Gasteiger partial charge is 0.387 e. The van der Waals surface area contributed by atoms with Crippen LogP contribution in [-0.2, 0) is 21.5 Å². The number of amides is 4. The van der Waals surface area contributed by atoms with Gasteiger partial charge in [0.05, 0.1) is 4.92 Å². The molecule has 0 radical (unpaired) electrons. The fourth-order valence-corrected chi connectivity index (χ4v) is 3.35. The lowest BCUT2D eigenvalue weighted by Gasteiger charge is -2.22. The lowest BCUT2D eigenvalue weighted by Crippen LogP contribution is -2.43. The first-order valence-corrected chi connectivity index (χ1v) is 9.79. The number of carbonyl (C=O) groups excluding carboxylic acids is 3. The van der Waals surface area contributed by atoms with Crippen molar-refractivity contribution in [3.63, 3.8) is 0 Å². The zero-order chi connectivity index (χ0) is 24.2. The predicted octanol–water partition coefficient (Wildman–Crippen LogP) is 2.32. The number of nitrogens with zero attached hydrogens (tertiary/aromatic N) is 2. The van der Waals surface area contributed by atoms with Crippen LogP contribution in [0, 0.1) is 10.1 Å². The molecular weight excluding hydrogens is 442 g/mol. The van der Waals surface area contributed by atoms with E-state index in [2.05, 4.69) is 15.4 Å². The van der Waals surface area contributed by atoms with Crippen LogP contribution in [0.5, 0.6) is 5.75 Å². The number of nitro groups is 1. The molecule has 2 aromatic carbocycles. The molecular formula is C21H20F2N4O6. The molecule has 1 atom stereocenters. The van der Waals surface area contributed by atoms with Crippen LogP contribution in [0.15, 0.2) is 48.5 Å². The number of nitro benzene ring substituents is 1. The number of urea groups is 1. The van der Waals surface area contributed by atoms with Crippen LogP contribution in [0.1, 0.15) is 18.1 Å². The van der Waals surface area contributed by atoms with Crippen LogP contribution in [0.3, 0.4) is 0 Å². The molecule has 12 heteroatoms. The minimum atomic E-state index is -2.92. The summed E-state index contributed by atoms with van der Waals surface area (Å²) in [7, 11) is 0.